The predicted molar refractivity (Wildman–Crippen MR) is 126 cm³/mol. The Balaban J connectivity index is 2.84. The van der Waals surface area contributed by atoms with Crippen LogP contribution in [0.15, 0.2) is 30.3 Å². The first-order valence-electron chi connectivity index (χ1n) is 11.4. The number of carboxylic acid groups (broad SMARTS) is 1. The number of carbonyl (C=O) groups is 4. The van der Waals surface area contributed by atoms with Crippen LogP contribution in [0.2, 0.25) is 0 Å². The van der Waals surface area contributed by atoms with Crippen LogP contribution in [0.4, 0.5) is 0 Å². The molecule has 0 spiro atoms. The molecule has 1 aromatic carbocycles. The molecule has 0 heterocycles. The van der Waals surface area contributed by atoms with E-state index in [0.29, 0.717) is 6.42 Å². The summed E-state index contributed by atoms with van der Waals surface area (Å²) in [6.45, 7) is 9.07. The van der Waals surface area contributed by atoms with Crippen molar-refractivity contribution in [3.8, 4) is 0 Å². The first-order chi connectivity index (χ1) is 15.5. The number of aliphatic carboxylic acids is 1. The molecule has 0 fully saturated rings. The smallest absolute Gasteiger partial charge is 0.326 e. The van der Waals surface area contributed by atoms with Crippen LogP contribution < -0.4 is 21.7 Å². The Morgan fingerprint density at radius 2 is 1.45 bits per heavy atom. The Morgan fingerprint density at radius 1 is 0.879 bits per heavy atom. The molecule has 33 heavy (non-hydrogen) atoms. The summed E-state index contributed by atoms with van der Waals surface area (Å²) in [5.41, 5.74) is 6.69. The third-order valence-corrected chi connectivity index (χ3v) is 5.55. The summed E-state index contributed by atoms with van der Waals surface area (Å²) < 4.78 is 0. The van der Waals surface area contributed by atoms with Gasteiger partial charge in [0.2, 0.25) is 17.7 Å². The van der Waals surface area contributed by atoms with Crippen molar-refractivity contribution in [2.75, 3.05) is 0 Å². The zero-order chi connectivity index (χ0) is 25.1. The van der Waals surface area contributed by atoms with Crippen molar-refractivity contribution in [3.05, 3.63) is 35.9 Å². The van der Waals surface area contributed by atoms with Crippen molar-refractivity contribution in [1.82, 2.24) is 16.0 Å². The first-order valence-corrected chi connectivity index (χ1v) is 11.4. The second-order valence-electron chi connectivity index (χ2n) is 8.92. The minimum absolute atomic E-state index is 0.0442. The monoisotopic (exact) mass is 462 g/mol. The quantitative estimate of drug-likeness (QED) is 0.297. The zero-order valence-electron chi connectivity index (χ0n) is 20.1. The SMILES string of the molecule is CCC(C)C(N)C(=O)NC(C)C(=O)NC(CC(C)C)C(=O)NC(Cc1ccccc1)C(=O)O. The van der Waals surface area contributed by atoms with Crippen molar-refractivity contribution in [2.45, 2.75) is 78.0 Å². The molecule has 9 heteroatoms. The van der Waals surface area contributed by atoms with Gasteiger partial charge in [-0.1, -0.05) is 64.4 Å². The molecule has 0 aliphatic rings. The normalized spacial score (nSPS) is 15.6. The molecule has 9 nitrogen and oxygen atoms in total. The van der Waals surface area contributed by atoms with Gasteiger partial charge in [0.05, 0.1) is 6.04 Å². The molecular formula is C24H38N4O5. The van der Waals surface area contributed by atoms with Gasteiger partial charge >= 0.3 is 5.97 Å². The Labute approximate surface area is 195 Å². The highest BCUT2D eigenvalue weighted by Crippen LogP contribution is 2.09. The molecule has 184 valence electrons. The number of hydrogen-bond acceptors (Lipinski definition) is 5. The molecule has 0 saturated heterocycles. The molecule has 6 N–H and O–H groups in total. The summed E-state index contributed by atoms with van der Waals surface area (Å²) in [7, 11) is 0. The lowest BCUT2D eigenvalue weighted by atomic mass is 9.99. The number of nitrogens with one attached hydrogen (secondary N) is 3. The van der Waals surface area contributed by atoms with E-state index in [2.05, 4.69) is 16.0 Å². The van der Waals surface area contributed by atoms with Crippen molar-refractivity contribution >= 4 is 23.7 Å². The average Bonchev–Trinajstić information content (AvgIpc) is 2.77. The summed E-state index contributed by atoms with van der Waals surface area (Å²) >= 11 is 0. The second-order valence-corrected chi connectivity index (χ2v) is 8.92. The summed E-state index contributed by atoms with van der Waals surface area (Å²) in [5, 5.41) is 17.3. The van der Waals surface area contributed by atoms with Crippen LogP contribution in [0.1, 0.15) is 53.0 Å². The van der Waals surface area contributed by atoms with Crippen molar-refractivity contribution < 1.29 is 24.3 Å². The number of carbonyl (C=O) groups excluding carboxylic acids is 3. The molecule has 0 bridgehead atoms. The van der Waals surface area contributed by atoms with Gasteiger partial charge in [0.25, 0.3) is 0 Å². The summed E-state index contributed by atoms with van der Waals surface area (Å²) in [5.74, 6) is -2.72. The Morgan fingerprint density at radius 3 is 1.97 bits per heavy atom. The van der Waals surface area contributed by atoms with Gasteiger partial charge in [0.1, 0.15) is 18.1 Å². The molecule has 0 aliphatic heterocycles. The van der Waals surface area contributed by atoms with Gasteiger partial charge in [-0.05, 0) is 30.7 Å². The lowest BCUT2D eigenvalue weighted by Crippen LogP contribution is -2.57. The van der Waals surface area contributed by atoms with E-state index in [9.17, 15) is 24.3 Å². The van der Waals surface area contributed by atoms with E-state index in [0.717, 1.165) is 12.0 Å². The fourth-order valence-corrected chi connectivity index (χ4v) is 3.21. The fraction of sp³-hybridized carbons (Fsp3) is 0.583. The number of carboxylic acids is 1. The largest absolute Gasteiger partial charge is 0.480 e. The molecule has 1 aromatic rings. The molecule has 3 amide bonds. The Kier molecular flexibility index (Phi) is 11.6. The maximum atomic E-state index is 12.9. The minimum atomic E-state index is -1.17. The van der Waals surface area contributed by atoms with Crippen LogP contribution in [0.5, 0.6) is 0 Å². The fourth-order valence-electron chi connectivity index (χ4n) is 3.21. The average molecular weight is 463 g/mol. The number of amides is 3. The highest BCUT2D eigenvalue weighted by atomic mass is 16.4. The van der Waals surface area contributed by atoms with Gasteiger partial charge in [-0.15, -0.1) is 0 Å². The Hall–Kier alpha value is -2.94. The van der Waals surface area contributed by atoms with E-state index in [1.807, 2.05) is 33.8 Å². The Bertz CT molecular complexity index is 799. The molecular weight excluding hydrogens is 424 g/mol. The molecule has 5 unspecified atom stereocenters. The topological polar surface area (TPSA) is 151 Å². The van der Waals surface area contributed by atoms with Crippen LogP contribution in [0, 0.1) is 11.8 Å². The predicted octanol–water partition coefficient (Wildman–Crippen LogP) is 1.21. The van der Waals surface area contributed by atoms with Crippen molar-refractivity contribution in [3.63, 3.8) is 0 Å². The van der Waals surface area contributed by atoms with E-state index >= 15 is 0 Å². The zero-order valence-corrected chi connectivity index (χ0v) is 20.1. The van der Waals surface area contributed by atoms with E-state index in [1.54, 1.807) is 24.3 Å². The van der Waals surface area contributed by atoms with E-state index in [-0.39, 0.29) is 18.3 Å². The maximum Gasteiger partial charge on any atom is 0.326 e. The van der Waals surface area contributed by atoms with Crippen LogP contribution in [0.25, 0.3) is 0 Å². The summed E-state index contributed by atoms with van der Waals surface area (Å²) in [6.07, 6.45) is 1.14. The van der Waals surface area contributed by atoms with Gasteiger partial charge in [-0.3, -0.25) is 14.4 Å². The molecule has 0 aliphatic carbocycles. The van der Waals surface area contributed by atoms with Crippen LogP contribution in [0.3, 0.4) is 0 Å². The van der Waals surface area contributed by atoms with Crippen LogP contribution in [-0.4, -0.2) is 53.0 Å². The first kappa shape index (κ1) is 28.1. The lowest BCUT2D eigenvalue weighted by Gasteiger charge is -2.25. The number of hydrogen-bond donors (Lipinski definition) is 5. The highest BCUT2D eigenvalue weighted by molar-refractivity contribution is 5.94. The molecule has 0 aromatic heterocycles. The van der Waals surface area contributed by atoms with Crippen molar-refractivity contribution in [1.29, 1.82) is 0 Å². The minimum Gasteiger partial charge on any atom is -0.480 e. The maximum absolute atomic E-state index is 12.9. The number of rotatable bonds is 13. The highest BCUT2D eigenvalue weighted by Gasteiger charge is 2.30. The van der Waals surface area contributed by atoms with Gasteiger partial charge in [-0.25, -0.2) is 4.79 Å². The van der Waals surface area contributed by atoms with Gasteiger partial charge in [0, 0.05) is 6.42 Å². The van der Waals surface area contributed by atoms with Gasteiger partial charge in [-0.2, -0.15) is 0 Å². The van der Waals surface area contributed by atoms with E-state index in [1.165, 1.54) is 6.92 Å². The van der Waals surface area contributed by atoms with Gasteiger partial charge < -0.3 is 26.8 Å². The third-order valence-electron chi connectivity index (χ3n) is 5.55. The van der Waals surface area contributed by atoms with Gasteiger partial charge in [0.15, 0.2) is 0 Å². The number of nitrogens with two attached hydrogens (primary N) is 1. The van der Waals surface area contributed by atoms with E-state index in [4.69, 9.17) is 5.73 Å². The molecule has 0 radical (unpaired) electrons. The van der Waals surface area contributed by atoms with Crippen LogP contribution in [-0.2, 0) is 25.6 Å². The molecule has 0 saturated carbocycles. The molecule has 5 atom stereocenters. The number of benzene rings is 1. The van der Waals surface area contributed by atoms with Crippen LogP contribution >= 0.6 is 0 Å². The molecule has 1 rings (SSSR count). The van der Waals surface area contributed by atoms with Crippen molar-refractivity contribution in [2.24, 2.45) is 17.6 Å². The lowest BCUT2D eigenvalue weighted by molar-refractivity contribution is -0.142. The second kappa shape index (κ2) is 13.6. The summed E-state index contributed by atoms with van der Waals surface area (Å²) in [6, 6.07) is 5.23. The summed E-state index contributed by atoms with van der Waals surface area (Å²) in [4.78, 5) is 49.6. The third kappa shape index (κ3) is 9.61. The van der Waals surface area contributed by atoms with E-state index < -0.39 is 47.9 Å². The standard InChI is InChI=1S/C24H38N4O5/c1-6-15(4)20(25)23(31)26-16(5)21(29)27-18(12-14(2)3)22(30)28-19(24(32)33)13-17-10-8-7-9-11-17/h7-11,14-16,18-20H,6,12-13,25H2,1-5H3,(H,26,31)(H,27,29)(H,28,30)(H,32,33).